The molecule has 1 saturated heterocycles. The van der Waals surface area contributed by atoms with Crippen LogP contribution in [0.1, 0.15) is 57.8 Å². The van der Waals surface area contributed by atoms with Crippen molar-refractivity contribution in [2.45, 2.75) is 57.8 Å². The van der Waals surface area contributed by atoms with E-state index in [1.807, 2.05) is 4.90 Å². The number of hydrogen-bond acceptors (Lipinski definition) is 3. The summed E-state index contributed by atoms with van der Waals surface area (Å²) in [6, 6.07) is 0. The SMILES string of the molecule is O=C(CCC1CCCCC1)N1CCN(C(=O)C2(C(=O)O)CC2)CC1. The lowest BCUT2D eigenvalue weighted by Gasteiger charge is -2.36. The fraction of sp³-hybridized carbons (Fsp3) is 0.833. The Morgan fingerprint density at radius 3 is 2.04 bits per heavy atom. The fourth-order valence-electron chi connectivity index (χ4n) is 4.07. The highest BCUT2D eigenvalue weighted by Gasteiger charge is 2.58. The van der Waals surface area contributed by atoms with Gasteiger partial charge in [-0.3, -0.25) is 14.4 Å². The van der Waals surface area contributed by atoms with Gasteiger partial charge >= 0.3 is 5.97 Å². The van der Waals surface area contributed by atoms with Crippen molar-refractivity contribution in [3.8, 4) is 0 Å². The number of piperazine rings is 1. The van der Waals surface area contributed by atoms with Crippen molar-refractivity contribution < 1.29 is 19.5 Å². The minimum Gasteiger partial charge on any atom is -0.480 e. The van der Waals surface area contributed by atoms with E-state index in [2.05, 4.69) is 0 Å². The summed E-state index contributed by atoms with van der Waals surface area (Å²) in [7, 11) is 0. The van der Waals surface area contributed by atoms with E-state index in [4.69, 9.17) is 0 Å². The van der Waals surface area contributed by atoms with Gasteiger partial charge < -0.3 is 14.9 Å². The molecule has 6 nitrogen and oxygen atoms in total. The van der Waals surface area contributed by atoms with Crippen LogP contribution < -0.4 is 0 Å². The molecule has 3 fully saturated rings. The molecule has 24 heavy (non-hydrogen) atoms. The molecule has 0 unspecified atom stereocenters. The first-order valence-corrected chi connectivity index (χ1v) is 9.33. The number of hydrogen-bond donors (Lipinski definition) is 1. The second kappa shape index (κ2) is 7.11. The number of amides is 2. The first-order valence-electron chi connectivity index (χ1n) is 9.33. The monoisotopic (exact) mass is 336 g/mol. The summed E-state index contributed by atoms with van der Waals surface area (Å²) < 4.78 is 0. The number of carboxylic acids is 1. The zero-order valence-electron chi connectivity index (χ0n) is 14.3. The van der Waals surface area contributed by atoms with Gasteiger partial charge in [0.15, 0.2) is 0 Å². The lowest BCUT2D eigenvalue weighted by Crippen LogP contribution is -2.53. The molecule has 0 aromatic rings. The maximum Gasteiger partial charge on any atom is 0.319 e. The maximum absolute atomic E-state index is 12.4. The summed E-state index contributed by atoms with van der Waals surface area (Å²) in [4.78, 5) is 39.5. The van der Waals surface area contributed by atoms with Crippen LogP contribution in [0.5, 0.6) is 0 Å². The average Bonchev–Trinajstić information content (AvgIpc) is 3.42. The lowest BCUT2D eigenvalue weighted by molar-refractivity contribution is -0.155. The van der Waals surface area contributed by atoms with Crippen LogP contribution in [0, 0.1) is 11.3 Å². The van der Waals surface area contributed by atoms with Crippen LogP contribution in [-0.2, 0) is 14.4 Å². The third-order valence-electron chi connectivity index (χ3n) is 5.98. The molecule has 0 bridgehead atoms. The van der Waals surface area contributed by atoms with Gasteiger partial charge in [0.05, 0.1) is 0 Å². The molecule has 3 aliphatic rings. The Bertz CT molecular complexity index is 501. The molecule has 2 amide bonds. The Morgan fingerprint density at radius 2 is 1.50 bits per heavy atom. The van der Waals surface area contributed by atoms with E-state index >= 15 is 0 Å². The van der Waals surface area contributed by atoms with Crippen molar-refractivity contribution in [2.75, 3.05) is 26.2 Å². The zero-order valence-corrected chi connectivity index (χ0v) is 14.3. The predicted octanol–water partition coefficient (Wildman–Crippen LogP) is 1.88. The van der Waals surface area contributed by atoms with Crippen molar-refractivity contribution in [1.82, 2.24) is 9.80 Å². The van der Waals surface area contributed by atoms with Gasteiger partial charge in [-0.2, -0.15) is 0 Å². The van der Waals surface area contributed by atoms with E-state index in [1.165, 1.54) is 32.1 Å². The molecule has 3 rings (SSSR count). The Balaban J connectivity index is 1.42. The Morgan fingerprint density at radius 1 is 0.917 bits per heavy atom. The van der Waals surface area contributed by atoms with Crippen molar-refractivity contribution in [2.24, 2.45) is 11.3 Å². The van der Waals surface area contributed by atoms with E-state index in [-0.39, 0.29) is 11.8 Å². The highest BCUT2D eigenvalue weighted by atomic mass is 16.4. The molecule has 1 heterocycles. The average molecular weight is 336 g/mol. The van der Waals surface area contributed by atoms with E-state index in [1.54, 1.807) is 4.90 Å². The molecule has 0 aromatic carbocycles. The minimum atomic E-state index is -1.16. The molecule has 1 aliphatic heterocycles. The van der Waals surface area contributed by atoms with Crippen LogP contribution in [-0.4, -0.2) is 58.9 Å². The van der Waals surface area contributed by atoms with Crippen LogP contribution in [0.3, 0.4) is 0 Å². The van der Waals surface area contributed by atoms with Crippen LogP contribution in [0.4, 0.5) is 0 Å². The van der Waals surface area contributed by atoms with Crippen LogP contribution in [0.15, 0.2) is 0 Å². The lowest BCUT2D eigenvalue weighted by atomic mass is 9.86. The summed E-state index contributed by atoms with van der Waals surface area (Å²) >= 11 is 0. The normalized spacial score (nSPS) is 23.8. The van der Waals surface area contributed by atoms with Gasteiger partial charge in [-0.15, -0.1) is 0 Å². The molecule has 1 N–H and O–H groups in total. The molecule has 2 aliphatic carbocycles. The second-order valence-electron chi connectivity index (χ2n) is 7.60. The van der Waals surface area contributed by atoms with Crippen molar-refractivity contribution in [3.05, 3.63) is 0 Å². The van der Waals surface area contributed by atoms with Crippen molar-refractivity contribution >= 4 is 17.8 Å². The van der Waals surface area contributed by atoms with Crippen LogP contribution in [0.2, 0.25) is 0 Å². The first kappa shape index (κ1) is 17.2. The number of carboxylic acid groups (broad SMARTS) is 1. The van der Waals surface area contributed by atoms with E-state index in [0.29, 0.717) is 51.4 Å². The third-order valence-corrected chi connectivity index (χ3v) is 5.98. The van der Waals surface area contributed by atoms with E-state index < -0.39 is 11.4 Å². The molecule has 0 radical (unpaired) electrons. The van der Waals surface area contributed by atoms with Gasteiger partial charge in [0, 0.05) is 32.6 Å². The molecular weight excluding hydrogens is 308 g/mol. The topological polar surface area (TPSA) is 77.9 Å². The number of aliphatic carboxylic acids is 1. The quantitative estimate of drug-likeness (QED) is 0.778. The number of carbonyl (C=O) groups is 3. The standard InChI is InChI=1S/C18H28N2O4/c21-15(7-6-14-4-2-1-3-5-14)19-10-12-20(13-11-19)16(22)18(8-9-18)17(23)24/h14H,1-13H2,(H,23,24). The number of rotatable bonds is 5. The summed E-state index contributed by atoms with van der Waals surface area (Å²) in [5.74, 6) is -0.370. The summed E-state index contributed by atoms with van der Waals surface area (Å²) in [5, 5.41) is 9.23. The van der Waals surface area contributed by atoms with Crippen molar-refractivity contribution in [3.63, 3.8) is 0 Å². The van der Waals surface area contributed by atoms with Gasteiger partial charge in [0.1, 0.15) is 5.41 Å². The summed E-state index contributed by atoms with van der Waals surface area (Å²) in [6.45, 7) is 1.99. The molecule has 0 aromatic heterocycles. The summed E-state index contributed by atoms with van der Waals surface area (Å²) in [5.41, 5.74) is -1.16. The molecule has 6 heteroatoms. The smallest absolute Gasteiger partial charge is 0.319 e. The number of nitrogens with zero attached hydrogens (tertiary/aromatic N) is 2. The molecular formula is C18H28N2O4. The molecule has 2 saturated carbocycles. The third kappa shape index (κ3) is 3.57. The summed E-state index contributed by atoms with van der Waals surface area (Å²) in [6.07, 6.45) is 8.93. The molecule has 0 spiro atoms. The van der Waals surface area contributed by atoms with Gasteiger partial charge in [0.2, 0.25) is 11.8 Å². The first-order chi connectivity index (χ1) is 11.5. The van der Waals surface area contributed by atoms with Crippen molar-refractivity contribution in [1.29, 1.82) is 0 Å². The van der Waals surface area contributed by atoms with Gasteiger partial charge in [-0.1, -0.05) is 32.1 Å². The predicted molar refractivity (Wildman–Crippen MR) is 88.3 cm³/mol. The van der Waals surface area contributed by atoms with Crippen LogP contribution in [0.25, 0.3) is 0 Å². The van der Waals surface area contributed by atoms with Gasteiger partial charge in [-0.25, -0.2) is 0 Å². The minimum absolute atomic E-state index is 0.187. The van der Waals surface area contributed by atoms with Crippen LogP contribution >= 0.6 is 0 Å². The largest absolute Gasteiger partial charge is 0.480 e. The molecule has 0 atom stereocenters. The Kier molecular flexibility index (Phi) is 5.11. The Labute approximate surface area is 143 Å². The van der Waals surface area contributed by atoms with E-state index in [0.717, 1.165) is 6.42 Å². The highest BCUT2D eigenvalue weighted by molar-refractivity contribution is 6.04. The molecule has 134 valence electrons. The van der Waals surface area contributed by atoms with Gasteiger partial charge in [0.25, 0.3) is 0 Å². The maximum atomic E-state index is 12.4. The second-order valence-corrected chi connectivity index (χ2v) is 7.60. The highest BCUT2D eigenvalue weighted by Crippen LogP contribution is 2.47. The van der Waals surface area contributed by atoms with Gasteiger partial charge in [-0.05, 0) is 25.2 Å². The Hall–Kier alpha value is -1.59. The fourth-order valence-corrected chi connectivity index (χ4v) is 4.07. The van der Waals surface area contributed by atoms with E-state index in [9.17, 15) is 19.5 Å². The number of carbonyl (C=O) groups excluding carboxylic acids is 2. The zero-order chi connectivity index (χ0) is 17.2.